The van der Waals surface area contributed by atoms with Crippen molar-refractivity contribution in [2.75, 3.05) is 6.54 Å². The van der Waals surface area contributed by atoms with Crippen molar-refractivity contribution in [1.29, 1.82) is 0 Å². The molecule has 1 N–H and O–H groups in total. The first-order valence-electron chi connectivity index (χ1n) is 7.04. The number of nitrogens with zero attached hydrogens (tertiary/aromatic N) is 2. The van der Waals surface area contributed by atoms with Gasteiger partial charge < -0.3 is 9.88 Å². The topological polar surface area (TPSA) is 49.0 Å². The van der Waals surface area contributed by atoms with Gasteiger partial charge in [0.15, 0.2) is 0 Å². The number of hydrogen-bond donors (Lipinski definition) is 1. The molecule has 0 spiro atoms. The van der Waals surface area contributed by atoms with Crippen molar-refractivity contribution in [3.05, 3.63) is 30.1 Å². The third-order valence-corrected chi connectivity index (χ3v) is 3.98. The summed E-state index contributed by atoms with van der Waals surface area (Å²) in [5.41, 5.74) is 2.45. The number of piperidine rings is 1. The van der Waals surface area contributed by atoms with Crippen LogP contribution in [-0.4, -0.2) is 33.4 Å². The molecule has 3 rings (SSSR count). The second kappa shape index (κ2) is 5.03. The van der Waals surface area contributed by atoms with Crippen molar-refractivity contribution in [1.82, 2.24) is 14.9 Å². The van der Waals surface area contributed by atoms with Gasteiger partial charge in [0.05, 0.1) is 11.0 Å². The molecule has 0 saturated carbocycles. The highest BCUT2D eigenvalue weighted by molar-refractivity contribution is 5.97. The highest BCUT2D eigenvalue weighted by Gasteiger charge is 2.27. The van der Waals surface area contributed by atoms with Gasteiger partial charge in [-0.05, 0) is 43.9 Å². The lowest BCUT2D eigenvalue weighted by Gasteiger charge is -2.34. The molecule has 0 aliphatic carbocycles. The van der Waals surface area contributed by atoms with Gasteiger partial charge in [0.1, 0.15) is 5.69 Å². The van der Waals surface area contributed by atoms with E-state index in [2.05, 4.69) is 16.9 Å². The number of likely N-dealkylation sites (tertiary alicyclic amines) is 1. The minimum atomic E-state index is 0.115. The van der Waals surface area contributed by atoms with Gasteiger partial charge in [0.25, 0.3) is 5.91 Å². The Bertz CT molecular complexity index is 557. The highest BCUT2D eigenvalue weighted by atomic mass is 16.2. The number of amides is 1. The molecule has 4 nitrogen and oxygen atoms in total. The molecule has 1 unspecified atom stereocenters. The first kappa shape index (κ1) is 12.2. The summed E-state index contributed by atoms with van der Waals surface area (Å²) in [4.78, 5) is 22.1. The zero-order chi connectivity index (χ0) is 13.2. The molecule has 19 heavy (non-hydrogen) atoms. The summed E-state index contributed by atoms with van der Waals surface area (Å²) >= 11 is 0. The van der Waals surface area contributed by atoms with Gasteiger partial charge in [-0.1, -0.05) is 6.92 Å². The fourth-order valence-electron chi connectivity index (χ4n) is 2.92. The number of nitrogens with one attached hydrogen (secondary N) is 1. The molecule has 0 bridgehead atoms. The Morgan fingerprint density at radius 2 is 2.42 bits per heavy atom. The van der Waals surface area contributed by atoms with Crippen LogP contribution >= 0.6 is 0 Å². The van der Waals surface area contributed by atoms with E-state index in [-0.39, 0.29) is 5.91 Å². The zero-order valence-corrected chi connectivity index (χ0v) is 11.2. The largest absolute Gasteiger partial charge is 0.349 e. The second-order valence-corrected chi connectivity index (χ2v) is 5.18. The van der Waals surface area contributed by atoms with Crippen molar-refractivity contribution in [3.63, 3.8) is 0 Å². The van der Waals surface area contributed by atoms with Gasteiger partial charge in [0, 0.05) is 18.8 Å². The van der Waals surface area contributed by atoms with E-state index in [1.165, 1.54) is 6.42 Å². The number of carbonyl (C=O) groups is 1. The molecule has 0 radical (unpaired) electrons. The zero-order valence-electron chi connectivity index (χ0n) is 11.2. The molecule has 2 aromatic heterocycles. The van der Waals surface area contributed by atoms with Crippen LogP contribution in [0.15, 0.2) is 24.4 Å². The summed E-state index contributed by atoms with van der Waals surface area (Å²) in [6, 6.07) is 6.08. The summed E-state index contributed by atoms with van der Waals surface area (Å²) in [6.45, 7) is 3.03. The monoisotopic (exact) mass is 257 g/mol. The SMILES string of the molecule is CCC1CCCCN1C(=O)c1cc2ncccc2[nH]1. The lowest BCUT2D eigenvalue weighted by molar-refractivity contribution is 0.0603. The Morgan fingerprint density at radius 1 is 1.53 bits per heavy atom. The lowest BCUT2D eigenvalue weighted by atomic mass is 9.99. The quantitative estimate of drug-likeness (QED) is 0.899. The van der Waals surface area contributed by atoms with E-state index in [1.807, 2.05) is 23.1 Å². The maximum atomic E-state index is 12.6. The maximum absolute atomic E-state index is 12.6. The van der Waals surface area contributed by atoms with E-state index in [9.17, 15) is 4.79 Å². The summed E-state index contributed by atoms with van der Waals surface area (Å²) in [5.74, 6) is 0.115. The van der Waals surface area contributed by atoms with Crippen LogP contribution in [0.2, 0.25) is 0 Å². The molecule has 1 fully saturated rings. The Morgan fingerprint density at radius 3 is 3.21 bits per heavy atom. The van der Waals surface area contributed by atoms with Gasteiger partial charge >= 0.3 is 0 Å². The van der Waals surface area contributed by atoms with Crippen LogP contribution in [0, 0.1) is 0 Å². The Balaban J connectivity index is 1.89. The van der Waals surface area contributed by atoms with E-state index < -0.39 is 0 Å². The normalized spacial score (nSPS) is 19.8. The van der Waals surface area contributed by atoms with Crippen LogP contribution in [0.4, 0.5) is 0 Å². The average molecular weight is 257 g/mol. The lowest BCUT2D eigenvalue weighted by Crippen LogP contribution is -2.43. The van der Waals surface area contributed by atoms with E-state index in [0.29, 0.717) is 11.7 Å². The second-order valence-electron chi connectivity index (χ2n) is 5.18. The molecule has 1 atom stereocenters. The predicted molar refractivity (Wildman–Crippen MR) is 75.1 cm³/mol. The van der Waals surface area contributed by atoms with Gasteiger partial charge in [0.2, 0.25) is 0 Å². The summed E-state index contributed by atoms with van der Waals surface area (Å²) in [5, 5.41) is 0. The molecule has 2 aromatic rings. The van der Waals surface area contributed by atoms with Crippen LogP contribution in [-0.2, 0) is 0 Å². The molecular weight excluding hydrogens is 238 g/mol. The Labute approximate surface area is 112 Å². The number of aromatic nitrogens is 2. The number of aromatic amines is 1. The number of H-pyrrole nitrogens is 1. The van der Waals surface area contributed by atoms with Crippen LogP contribution in [0.3, 0.4) is 0 Å². The molecule has 3 heterocycles. The summed E-state index contributed by atoms with van der Waals surface area (Å²) in [7, 11) is 0. The number of fused-ring (bicyclic) bond motifs is 1. The number of pyridine rings is 1. The molecule has 1 aliphatic rings. The maximum Gasteiger partial charge on any atom is 0.270 e. The van der Waals surface area contributed by atoms with E-state index in [1.54, 1.807) is 6.20 Å². The minimum Gasteiger partial charge on any atom is -0.349 e. The molecule has 1 saturated heterocycles. The predicted octanol–water partition coefficient (Wildman–Crippen LogP) is 2.97. The highest BCUT2D eigenvalue weighted by Crippen LogP contribution is 2.22. The van der Waals surface area contributed by atoms with Crippen molar-refractivity contribution in [2.24, 2.45) is 0 Å². The average Bonchev–Trinajstić information content (AvgIpc) is 2.90. The Kier molecular flexibility index (Phi) is 3.23. The molecule has 1 aliphatic heterocycles. The van der Waals surface area contributed by atoms with E-state index >= 15 is 0 Å². The first-order valence-corrected chi connectivity index (χ1v) is 7.04. The van der Waals surface area contributed by atoms with Crippen molar-refractivity contribution >= 4 is 16.9 Å². The van der Waals surface area contributed by atoms with Gasteiger partial charge in [-0.2, -0.15) is 0 Å². The number of hydrogen-bond acceptors (Lipinski definition) is 2. The third-order valence-electron chi connectivity index (χ3n) is 3.98. The van der Waals surface area contributed by atoms with Gasteiger partial charge in [-0.15, -0.1) is 0 Å². The fourth-order valence-corrected chi connectivity index (χ4v) is 2.92. The third kappa shape index (κ3) is 2.23. The van der Waals surface area contributed by atoms with E-state index in [0.717, 1.165) is 36.8 Å². The molecule has 1 amide bonds. The van der Waals surface area contributed by atoms with Gasteiger partial charge in [-0.25, -0.2) is 0 Å². The van der Waals surface area contributed by atoms with Gasteiger partial charge in [-0.3, -0.25) is 9.78 Å². The summed E-state index contributed by atoms with van der Waals surface area (Å²) in [6.07, 6.45) is 6.25. The van der Waals surface area contributed by atoms with Crippen molar-refractivity contribution in [3.8, 4) is 0 Å². The van der Waals surface area contributed by atoms with E-state index in [4.69, 9.17) is 0 Å². The minimum absolute atomic E-state index is 0.115. The molecule has 100 valence electrons. The summed E-state index contributed by atoms with van der Waals surface area (Å²) < 4.78 is 0. The van der Waals surface area contributed by atoms with Crippen LogP contribution in [0.25, 0.3) is 11.0 Å². The van der Waals surface area contributed by atoms with Crippen LogP contribution in [0.1, 0.15) is 43.1 Å². The Hall–Kier alpha value is -1.84. The first-order chi connectivity index (χ1) is 9.29. The molecular formula is C15H19N3O. The van der Waals surface area contributed by atoms with Crippen molar-refractivity contribution < 1.29 is 4.79 Å². The van der Waals surface area contributed by atoms with Crippen LogP contribution in [0.5, 0.6) is 0 Å². The number of carbonyl (C=O) groups excluding carboxylic acids is 1. The fraction of sp³-hybridized carbons (Fsp3) is 0.467. The smallest absolute Gasteiger partial charge is 0.270 e. The van der Waals surface area contributed by atoms with Crippen molar-refractivity contribution in [2.45, 2.75) is 38.6 Å². The van der Waals surface area contributed by atoms with Crippen LogP contribution < -0.4 is 0 Å². The molecule has 0 aromatic carbocycles. The molecule has 4 heteroatoms. The number of rotatable bonds is 2. The standard InChI is InChI=1S/C15H19N3O/c1-2-11-6-3-4-9-18(11)15(19)14-10-13-12(17-14)7-5-8-16-13/h5,7-8,10-11,17H,2-4,6,9H2,1H3.